The van der Waals surface area contributed by atoms with Crippen LogP contribution in [0.5, 0.6) is 0 Å². The molecule has 1 atom stereocenters. The molecule has 0 saturated carbocycles. The Bertz CT molecular complexity index is 7130. The molecule has 1 fully saturated rings. The topological polar surface area (TPSA) is 391 Å². The van der Waals surface area contributed by atoms with Crippen LogP contribution in [0.3, 0.4) is 0 Å². The lowest BCUT2D eigenvalue weighted by molar-refractivity contribution is 0.0995. The van der Waals surface area contributed by atoms with E-state index < -0.39 is 5.91 Å². The highest BCUT2D eigenvalue weighted by Gasteiger charge is 2.25. The smallest absolute Gasteiger partial charge is 0.268 e. The zero-order valence-electron chi connectivity index (χ0n) is 70.7. The third kappa shape index (κ3) is 17.5. The van der Waals surface area contributed by atoms with Crippen LogP contribution < -0.4 is 43.0 Å². The number of rotatable bonds is 20. The third-order valence-electron chi connectivity index (χ3n) is 22.4. The number of carbonyl (C=O) groups is 1. The van der Waals surface area contributed by atoms with Crippen LogP contribution in [-0.4, -0.2) is 180 Å². The number of hydrogen-bond donors (Lipinski definition) is 8. The van der Waals surface area contributed by atoms with Crippen molar-refractivity contribution in [1.82, 2.24) is 151 Å². The molecule has 129 heavy (non-hydrogen) atoms. The van der Waals surface area contributed by atoms with Gasteiger partial charge in [-0.15, -0.1) is 0 Å². The van der Waals surface area contributed by atoms with Crippen molar-refractivity contribution in [1.29, 1.82) is 0 Å². The molecule has 642 valence electrons. The zero-order chi connectivity index (χ0) is 87.3. The molecule has 0 aliphatic carbocycles. The van der Waals surface area contributed by atoms with Crippen LogP contribution in [0.15, 0.2) is 283 Å². The number of primary amides is 1. The van der Waals surface area contributed by atoms with E-state index in [9.17, 15) is 4.79 Å². The molecule has 16 aromatic heterocycles. The zero-order valence-corrected chi connectivity index (χ0v) is 70.7. The van der Waals surface area contributed by atoms with E-state index in [1.807, 2.05) is 223 Å². The summed E-state index contributed by atoms with van der Waals surface area (Å²) >= 11 is 0. The number of imidazole rings is 8. The largest absolute Gasteiger partial charge is 0.364 e. The van der Waals surface area contributed by atoms with Gasteiger partial charge in [0.05, 0.1) is 115 Å². The first-order valence-corrected chi connectivity index (χ1v) is 42.0. The number of benzene rings is 4. The van der Waals surface area contributed by atoms with E-state index >= 15 is 0 Å². The molecule has 0 spiro atoms. The Morgan fingerprint density at radius 3 is 1.11 bits per heavy atom. The number of nitrogens with zero attached hydrogens (tertiary/aromatic N) is 28. The minimum Gasteiger partial charge on any atom is -0.364 e. The van der Waals surface area contributed by atoms with E-state index in [-0.39, 0.29) is 5.69 Å². The number of aromatic nitrogens is 28. The molecule has 20 aromatic rings. The average molecular weight is 1710 g/mol. The molecular formula is C92H88N36O. The number of carbonyl (C=O) groups excluding carboxylic acids is 1. The van der Waals surface area contributed by atoms with Gasteiger partial charge in [-0.25, -0.2) is 59.8 Å². The Balaban J connectivity index is 0.000000108. The molecule has 23 rings (SSSR count). The van der Waals surface area contributed by atoms with Crippen LogP contribution >= 0.6 is 0 Å². The van der Waals surface area contributed by atoms with E-state index in [2.05, 4.69) is 144 Å². The maximum absolute atomic E-state index is 11.9. The van der Waals surface area contributed by atoms with Crippen molar-refractivity contribution < 1.29 is 4.79 Å². The summed E-state index contributed by atoms with van der Waals surface area (Å²) in [6.45, 7) is 5.60. The molecule has 9 N–H and O–H groups in total. The summed E-state index contributed by atoms with van der Waals surface area (Å²) in [4.78, 5) is 66.2. The minimum atomic E-state index is -0.624. The number of fused-ring (bicyclic) bond motifs is 4. The summed E-state index contributed by atoms with van der Waals surface area (Å²) in [6, 6.07) is 32.3. The molecule has 1 saturated heterocycles. The lowest BCUT2D eigenvalue weighted by Gasteiger charge is -2.23. The second kappa shape index (κ2) is 35.7. The van der Waals surface area contributed by atoms with E-state index in [1.54, 1.807) is 87.1 Å². The van der Waals surface area contributed by atoms with Crippen molar-refractivity contribution in [2.75, 3.05) is 60.5 Å². The summed E-state index contributed by atoms with van der Waals surface area (Å²) in [5, 5.41) is 41.2. The number of aryl methyl sites for hydroxylation is 4. The van der Waals surface area contributed by atoms with E-state index in [4.69, 9.17) is 35.6 Å². The molecule has 3 aliphatic rings. The molecule has 37 nitrogen and oxygen atoms in total. The van der Waals surface area contributed by atoms with Crippen molar-refractivity contribution in [2.24, 2.45) is 33.9 Å². The van der Waals surface area contributed by atoms with Gasteiger partial charge in [0.2, 0.25) is 0 Å². The highest BCUT2D eigenvalue weighted by Crippen LogP contribution is 2.36. The van der Waals surface area contributed by atoms with Crippen LogP contribution in [-0.2, 0) is 28.2 Å². The van der Waals surface area contributed by atoms with Crippen molar-refractivity contribution in [3.05, 3.63) is 306 Å². The highest BCUT2D eigenvalue weighted by molar-refractivity contribution is 5.92. The summed E-state index contributed by atoms with van der Waals surface area (Å²) in [6.07, 6.45) is 60.9. The van der Waals surface area contributed by atoms with Gasteiger partial charge in [-0.05, 0) is 154 Å². The molecular weight excluding hydrogens is 1630 g/mol. The van der Waals surface area contributed by atoms with Crippen LogP contribution in [0.2, 0.25) is 0 Å². The Hall–Kier alpha value is -16.9. The second-order valence-corrected chi connectivity index (χ2v) is 31.3. The molecule has 37 heteroatoms. The number of amides is 1. The van der Waals surface area contributed by atoms with Gasteiger partial charge in [0, 0.05) is 221 Å². The lowest BCUT2D eigenvalue weighted by Crippen LogP contribution is -2.29. The van der Waals surface area contributed by atoms with Gasteiger partial charge in [-0.1, -0.05) is 12.2 Å². The monoisotopic (exact) mass is 1710 g/mol. The van der Waals surface area contributed by atoms with Gasteiger partial charge in [0.1, 0.15) is 5.69 Å². The maximum Gasteiger partial charge on any atom is 0.268 e. The number of hydrogen-bond acceptors (Lipinski definition) is 24. The Kier molecular flexibility index (Phi) is 22.3. The Labute approximate surface area is 737 Å². The van der Waals surface area contributed by atoms with Crippen molar-refractivity contribution >= 4 is 85.7 Å². The molecule has 1 unspecified atom stereocenters. The summed E-state index contributed by atoms with van der Waals surface area (Å²) in [5.41, 5.74) is 29.3. The van der Waals surface area contributed by atoms with E-state index in [0.717, 1.165) is 201 Å². The van der Waals surface area contributed by atoms with Crippen molar-refractivity contribution in [2.45, 2.75) is 31.6 Å². The number of anilines is 8. The van der Waals surface area contributed by atoms with Gasteiger partial charge in [0.25, 0.3) is 5.91 Å². The van der Waals surface area contributed by atoms with Crippen molar-refractivity contribution in [3.8, 4) is 67.8 Å². The Morgan fingerprint density at radius 2 is 0.775 bits per heavy atom. The number of piperidine rings is 1. The fourth-order valence-corrected chi connectivity index (χ4v) is 15.9. The molecule has 0 bridgehead atoms. The van der Waals surface area contributed by atoms with Crippen molar-refractivity contribution in [3.63, 3.8) is 0 Å². The first-order valence-electron chi connectivity index (χ1n) is 42.0. The quantitative estimate of drug-likeness (QED) is 0.0351. The molecule has 19 heterocycles. The van der Waals surface area contributed by atoms with Gasteiger partial charge < -0.3 is 61.2 Å². The minimum absolute atomic E-state index is 0.128. The fraction of sp³-hybridized carbons (Fsp3) is 0.163. The average Bonchev–Trinajstić information content (AvgIpc) is 1.64. The first-order chi connectivity index (χ1) is 63.3. The Morgan fingerprint density at radius 1 is 0.395 bits per heavy atom. The number of nitrogens with two attached hydrogens (primary N) is 1. The lowest BCUT2D eigenvalue weighted by atomic mass is 9.96. The highest BCUT2D eigenvalue weighted by atomic mass is 16.1. The van der Waals surface area contributed by atoms with E-state index in [0.29, 0.717) is 23.2 Å². The molecule has 1 amide bonds. The fourth-order valence-electron chi connectivity index (χ4n) is 15.9. The predicted octanol–water partition coefficient (Wildman–Crippen LogP) is 12.6. The van der Waals surface area contributed by atoms with Gasteiger partial charge in [0.15, 0.2) is 45.9 Å². The van der Waals surface area contributed by atoms with Gasteiger partial charge >= 0.3 is 0 Å². The summed E-state index contributed by atoms with van der Waals surface area (Å²) < 4.78 is 23.0. The van der Waals surface area contributed by atoms with Gasteiger partial charge in [-0.2, -0.15) is 20.4 Å². The third-order valence-corrected chi connectivity index (χ3v) is 22.4. The predicted molar refractivity (Wildman–Crippen MR) is 492 cm³/mol. The maximum atomic E-state index is 11.9. The molecule has 4 aromatic carbocycles. The molecule has 0 radical (unpaired) electrons. The summed E-state index contributed by atoms with van der Waals surface area (Å²) in [7, 11) is 7.59. The van der Waals surface area contributed by atoms with Crippen LogP contribution in [0.1, 0.15) is 59.2 Å². The normalized spacial score (nSPS) is 13.9. The molecule has 3 aliphatic heterocycles. The SMILES string of the molecule is Cn1cc(-c2cnc3c(Nc4ccc(-n5ccnc5)cc4)nc(C(N)=O)cn23)cn1.Cn1cc(-c2cnc3c(Nc4ccc(-n5ccnc5)cc4)nc(C4=CCCNC4)cn23)cn1.Cn1cc(-c2cnc3c(Nc4ccc(-n5ccnc5)cc4)nc(C4=CCNCC4)cn23)cn1.Cn1cc(-c2cnc3c(Nc4ccc(-n5ccnc5)cc4)nc(C4CCCNC4)cn23)cn1. The van der Waals surface area contributed by atoms with Crippen LogP contribution in [0.25, 0.3) is 102 Å². The first kappa shape index (κ1) is 80.5. The van der Waals surface area contributed by atoms with Crippen LogP contribution in [0, 0.1) is 0 Å². The second-order valence-electron chi connectivity index (χ2n) is 31.3. The van der Waals surface area contributed by atoms with Gasteiger partial charge in [-0.3, -0.25) is 41.1 Å². The van der Waals surface area contributed by atoms with Crippen LogP contribution in [0.4, 0.5) is 46.0 Å². The van der Waals surface area contributed by atoms with E-state index in [1.165, 1.54) is 11.1 Å². The number of nitrogens with one attached hydrogen (secondary N) is 7. The standard InChI is InChI=1S/C24H23N9.C24H25N9.C24H23N9.C20H17N9O/c1-31-14-18(12-28-31)22-13-27-24-23(30-21(15-33(22)24)17-6-8-25-9-7-17)29-19-2-4-20(5-3-19)32-11-10-26-16-32;2*1-31-14-18(12-28-31)22-13-27-24-23(30-21(15-33(22)24)17-3-2-8-25-11-17)29-19-4-6-20(7-5-19)32-10-9-26-16-32;1-27-10-13(8-24-27)17-9-23-20-19(26-16(18(21)30)11-29(17)20)25-14-2-4-15(5-3-14)28-7-6-22-12-28/h2-6,10-16,25H,7-9H2,1H3,(H,29,30);4-7,9-10,12-17,25H,2-3,8,11H2,1H3,(H,29,30);3-7,9-10,12-16,25H,2,8,11H2,1H3,(H,29,30);2-12H,1H3,(H2,21,30)(H,25,26). The summed E-state index contributed by atoms with van der Waals surface area (Å²) in [5.74, 6) is 2.36.